The Kier molecular flexibility index (Phi) is 5.64. The first-order valence-electron chi connectivity index (χ1n) is 13.1. The molecule has 0 aromatic heterocycles. The highest BCUT2D eigenvalue weighted by Crippen LogP contribution is 2.67. The normalized spacial score (nSPS) is 50.2. The van der Waals surface area contributed by atoms with Crippen molar-refractivity contribution >= 4 is 0 Å². The molecule has 1 heterocycles. The Morgan fingerprint density at radius 1 is 1.03 bits per heavy atom. The van der Waals surface area contributed by atoms with Crippen LogP contribution in [-0.2, 0) is 0 Å². The Morgan fingerprint density at radius 3 is 2.67 bits per heavy atom. The fraction of sp³-hybridized carbons (Fsp3) is 0.926. The molecule has 4 unspecified atom stereocenters. The van der Waals surface area contributed by atoms with E-state index in [1.165, 1.54) is 51.6 Å². The number of hydrogen-bond donors (Lipinski definition) is 2. The Bertz CT molecular complexity index is 676. The monoisotopic (exact) mass is 415 g/mol. The van der Waals surface area contributed by atoms with Gasteiger partial charge in [-0.2, -0.15) is 0 Å². The van der Waals surface area contributed by atoms with Gasteiger partial charge < -0.3 is 15.1 Å². The van der Waals surface area contributed by atoms with Gasteiger partial charge in [0.05, 0.1) is 12.2 Å². The third-order valence-electron chi connectivity index (χ3n) is 10.9. The van der Waals surface area contributed by atoms with Crippen LogP contribution in [-0.4, -0.2) is 47.0 Å². The highest BCUT2D eigenvalue weighted by Gasteiger charge is 2.59. The van der Waals surface area contributed by atoms with E-state index in [9.17, 15) is 10.2 Å². The number of aliphatic hydroxyl groups excluding tert-OH is 2. The summed E-state index contributed by atoms with van der Waals surface area (Å²) in [6, 6.07) is 0. The predicted octanol–water partition coefficient (Wildman–Crippen LogP) is 5.02. The number of β-amino-alcohol motifs (C(OH)–C–C–N with tert-alkyl or cyclic N) is 1. The van der Waals surface area contributed by atoms with Gasteiger partial charge in [0.2, 0.25) is 0 Å². The number of likely N-dealkylation sites (tertiary alicyclic amines) is 1. The molecule has 0 spiro atoms. The average molecular weight is 416 g/mol. The lowest BCUT2D eigenvalue weighted by Gasteiger charge is -2.58. The summed E-state index contributed by atoms with van der Waals surface area (Å²) in [5.41, 5.74) is 2.46. The van der Waals surface area contributed by atoms with Crippen LogP contribution in [0.25, 0.3) is 0 Å². The molecule has 3 heteroatoms. The van der Waals surface area contributed by atoms with Gasteiger partial charge in [0, 0.05) is 13.1 Å². The summed E-state index contributed by atoms with van der Waals surface area (Å²) in [6.45, 7) is 10.9. The zero-order chi connectivity index (χ0) is 21.1. The van der Waals surface area contributed by atoms with E-state index in [2.05, 4.69) is 31.7 Å². The molecule has 3 nitrogen and oxygen atoms in total. The molecule has 1 aliphatic heterocycles. The number of aliphatic hydroxyl groups is 2. The molecule has 2 N–H and O–H groups in total. The molecule has 30 heavy (non-hydrogen) atoms. The molecule has 0 radical (unpaired) electrons. The van der Waals surface area contributed by atoms with Crippen molar-refractivity contribution in [3.63, 3.8) is 0 Å². The topological polar surface area (TPSA) is 43.7 Å². The number of allylic oxidation sites excluding steroid dienone is 1. The number of hydrogen-bond acceptors (Lipinski definition) is 3. The smallest absolute Gasteiger partial charge is 0.0667 e. The SMILES string of the molecule is C[C@H](CN1CCCC(O)C1)[C@H]1CCC2C3CC=C4C[C@@H](O)CC[C@]4(C)C3CC[C@@]21C. The van der Waals surface area contributed by atoms with Crippen molar-refractivity contribution in [2.75, 3.05) is 19.6 Å². The first kappa shape index (κ1) is 21.5. The molecular weight excluding hydrogens is 370 g/mol. The van der Waals surface area contributed by atoms with Crippen LogP contribution in [0.5, 0.6) is 0 Å². The van der Waals surface area contributed by atoms with Crippen molar-refractivity contribution < 1.29 is 10.2 Å². The van der Waals surface area contributed by atoms with Gasteiger partial charge in [-0.3, -0.25) is 0 Å². The second kappa shape index (κ2) is 7.89. The summed E-state index contributed by atoms with van der Waals surface area (Å²) < 4.78 is 0. The molecule has 0 amide bonds. The fourth-order valence-electron chi connectivity index (χ4n) is 9.35. The number of rotatable bonds is 3. The van der Waals surface area contributed by atoms with E-state index in [1.807, 2.05) is 0 Å². The first-order chi connectivity index (χ1) is 14.3. The zero-order valence-corrected chi connectivity index (χ0v) is 19.7. The third-order valence-corrected chi connectivity index (χ3v) is 10.9. The van der Waals surface area contributed by atoms with Crippen LogP contribution in [0.3, 0.4) is 0 Å². The van der Waals surface area contributed by atoms with E-state index in [4.69, 9.17) is 0 Å². The molecular formula is C27H45NO2. The maximum absolute atomic E-state index is 10.2. The summed E-state index contributed by atoms with van der Waals surface area (Å²) in [7, 11) is 0. The Hall–Kier alpha value is -0.380. The maximum Gasteiger partial charge on any atom is 0.0667 e. The lowest BCUT2D eigenvalue weighted by atomic mass is 9.47. The standard InChI is InChI=1S/C27H45NO2/c1-18(16-28-14-4-5-21(30)17-28)23-8-9-24-22-7-6-19-15-20(29)10-12-26(19,2)25(22)11-13-27(23,24)3/h6,18,20-25,29-30H,4-5,7-17H2,1-3H3/t18-,20+,21?,22?,23-,24?,25?,26+,27-/m1/s1. The lowest BCUT2D eigenvalue weighted by Crippen LogP contribution is -2.51. The molecule has 0 bridgehead atoms. The minimum absolute atomic E-state index is 0.0975. The number of piperidine rings is 1. The Labute approximate surface area is 184 Å². The van der Waals surface area contributed by atoms with Gasteiger partial charge in [-0.25, -0.2) is 0 Å². The fourth-order valence-corrected chi connectivity index (χ4v) is 9.35. The van der Waals surface area contributed by atoms with Gasteiger partial charge in [-0.1, -0.05) is 32.4 Å². The minimum atomic E-state index is -0.105. The largest absolute Gasteiger partial charge is 0.393 e. The van der Waals surface area contributed by atoms with Crippen LogP contribution in [0.15, 0.2) is 11.6 Å². The van der Waals surface area contributed by atoms with Crippen molar-refractivity contribution in [3.05, 3.63) is 11.6 Å². The summed E-state index contributed by atoms with van der Waals surface area (Å²) in [4.78, 5) is 2.55. The Morgan fingerprint density at radius 2 is 1.87 bits per heavy atom. The maximum atomic E-state index is 10.2. The second-order valence-corrected chi connectivity index (χ2v) is 12.4. The van der Waals surface area contributed by atoms with Gasteiger partial charge >= 0.3 is 0 Å². The Balaban J connectivity index is 1.31. The van der Waals surface area contributed by atoms with E-state index in [0.29, 0.717) is 10.8 Å². The molecule has 9 atom stereocenters. The van der Waals surface area contributed by atoms with Crippen LogP contribution in [0, 0.1) is 40.4 Å². The molecule has 4 aliphatic carbocycles. The summed E-state index contributed by atoms with van der Waals surface area (Å²) in [5.74, 6) is 4.17. The van der Waals surface area contributed by atoms with Crippen LogP contribution in [0.2, 0.25) is 0 Å². The van der Waals surface area contributed by atoms with Gasteiger partial charge in [-0.15, -0.1) is 0 Å². The molecule has 0 aromatic rings. The summed E-state index contributed by atoms with van der Waals surface area (Å²) >= 11 is 0. The summed E-state index contributed by atoms with van der Waals surface area (Å²) in [5, 5.41) is 20.3. The molecule has 170 valence electrons. The molecule has 5 rings (SSSR count). The van der Waals surface area contributed by atoms with Gasteiger partial charge in [0.15, 0.2) is 0 Å². The van der Waals surface area contributed by atoms with Gasteiger partial charge in [0.1, 0.15) is 0 Å². The van der Waals surface area contributed by atoms with Gasteiger partial charge in [0.25, 0.3) is 0 Å². The van der Waals surface area contributed by atoms with Crippen LogP contribution < -0.4 is 0 Å². The van der Waals surface area contributed by atoms with Crippen molar-refractivity contribution in [1.82, 2.24) is 4.90 Å². The highest BCUT2D eigenvalue weighted by molar-refractivity contribution is 5.25. The lowest BCUT2D eigenvalue weighted by molar-refractivity contribution is -0.0597. The molecule has 4 fully saturated rings. The second-order valence-electron chi connectivity index (χ2n) is 12.4. The minimum Gasteiger partial charge on any atom is -0.393 e. The van der Waals surface area contributed by atoms with Crippen LogP contribution in [0.1, 0.15) is 85.0 Å². The highest BCUT2D eigenvalue weighted by atomic mass is 16.3. The third kappa shape index (κ3) is 3.42. The van der Waals surface area contributed by atoms with Crippen molar-refractivity contribution in [3.8, 4) is 0 Å². The molecule has 0 aromatic carbocycles. The van der Waals surface area contributed by atoms with E-state index >= 15 is 0 Å². The van der Waals surface area contributed by atoms with Crippen LogP contribution in [0.4, 0.5) is 0 Å². The first-order valence-corrected chi connectivity index (χ1v) is 13.1. The van der Waals surface area contributed by atoms with Crippen molar-refractivity contribution in [2.45, 2.75) is 97.2 Å². The molecule has 5 aliphatic rings. The van der Waals surface area contributed by atoms with Gasteiger partial charge in [-0.05, 0) is 111 Å². The number of fused-ring (bicyclic) bond motifs is 5. The average Bonchev–Trinajstić information content (AvgIpc) is 3.06. The quantitative estimate of drug-likeness (QED) is 0.636. The van der Waals surface area contributed by atoms with E-state index < -0.39 is 0 Å². The van der Waals surface area contributed by atoms with Crippen LogP contribution >= 0.6 is 0 Å². The molecule has 1 saturated heterocycles. The van der Waals surface area contributed by atoms with E-state index in [1.54, 1.807) is 5.57 Å². The van der Waals surface area contributed by atoms with Crippen molar-refractivity contribution in [1.29, 1.82) is 0 Å². The van der Waals surface area contributed by atoms with E-state index in [-0.39, 0.29) is 12.2 Å². The zero-order valence-electron chi connectivity index (χ0n) is 19.7. The molecule has 3 saturated carbocycles. The predicted molar refractivity (Wildman–Crippen MR) is 122 cm³/mol. The van der Waals surface area contributed by atoms with Crippen molar-refractivity contribution in [2.24, 2.45) is 40.4 Å². The van der Waals surface area contributed by atoms with E-state index in [0.717, 1.165) is 61.8 Å². The summed E-state index contributed by atoms with van der Waals surface area (Å²) in [6.07, 6.45) is 14.5. The number of nitrogens with zero attached hydrogens (tertiary/aromatic N) is 1.